The van der Waals surface area contributed by atoms with Gasteiger partial charge in [0.05, 0.1) is 7.11 Å². The molecule has 0 aliphatic rings. The van der Waals surface area contributed by atoms with E-state index in [1.54, 1.807) is 7.11 Å². The van der Waals surface area contributed by atoms with Crippen molar-refractivity contribution in [2.75, 3.05) is 34.4 Å². The fourth-order valence-electron chi connectivity index (χ4n) is 3.32. The predicted octanol–water partition coefficient (Wildman–Crippen LogP) is 4.31. The number of aliphatic hydroxyl groups is 1. The van der Waals surface area contributed by atoms with Crippen LogP contribution >= 0.6 is 0 Å². The highest BCUT2D eigenvalue weighted by Gasteiger charge is 2.17. The Morgan fingerprint density at radius 2 is 1.73 bits per heavy atom. The van der Waals surface area contributed by atoms with Gasteiger partial charge in [0, 0.05) is 6.54 Å². The first-order chi connectivity index (χ1) is 14.5. The summed E-state index contributed by atoms with van der Waals surface area (Å²) in [5, 5.41) is 10.2. The second kappa shape index (κ2) is 13.3. The maximum atomic E-state index is 10.2. The average molecular weight is 416 g/mol. The molecule has 2 atom stereocenters. The average Bonchev–Trinajstić information content (AvgIpc) is 2.75. The minimum Gasteiger partial charge on any atom is -0.497 e. The Kier molecular flexibility index (Phi) is 10.7. The first-order valence-corrected chi connectivity index (χ1v) is 10.8. The standard InChI is InChI=1S/C25H37NO4/c1-5-6-11-25(27)30-23(18-26(2)3)19-29-24-10-8-7-9-21(24)15-12-20-13-16-22(28-4)17-14-20/h7-10,13-14,16-17,23,25,27H,5-6,11-12,15,18-19H2,1-4H3/t23-,25?/m1/s1. The quantitative estimate of drug-likeness (QED) is 0.466. The van der Waals surface area contributed by atoms with E-state index in [1.807, 2.05) is 44.4 Å². The minimum absolute atomic E-state index is 0.193. The van der Waals surface area contributed by atoms with Gasteiger partial charge in [0.25, 0.3) is 0 Å². The van der Waals surface area contributed by atoms with Crippen LogP contribution in [0.1, 0.15) is 37.3 Å². The van der Waals surface area contributed by atoms with E-state index >= 15 is 0 Å². The third-order valence-electron chi connectivity index (χ3n) is 4.96. The Hall–Kier alpha value is -2.08. The van der Waals surface area contributed by atoms with Crippen LogP contribution in [0, 0.1) is 0 Å². The van der Waals surface area contributed by atoms with Gasteiger partial charge in [-0.15, -0.1) is 0 Å². The van der Waals surface area contributed by atoms with Crippen molar-refractivity contribution < 1.29 is 19.3 Å². The number of ether oxygens (including phenoxy) is 3. The van der Waals surface area contributed by atoms with Crippen LogP contribution in [0.3, 0.4) is 0 Å². The van der Waals surface area contributed by atoms with Crippen LogP contribution in [-0.4, -0.2) is 56.8 Å². The molecule has 1 unspecified atom stereocenters. The van der Waals surface area contributed by atoms with Crippen LogP contribution in [0.4, 0.5) is 0 Å². The fourth-order valence-corrected chi connectivity index (χ4v) is 3.32. The Morgan fingerprint density at radius 1 is 1.00 bits per heavy atom. The van der Waals surface area contributed by atoms with Gasteiger partial charge in [-0.3, -0.25) is 0 Å². The van der Waals surface area contributed by atoms with Gasteiger partial charge in [-0.2, -0.15) is 0 Å². The Morgan fingerprint density at radius 3 is 2.40 bits per heavy atom. The van der Waals surface area contributed by atoms with Crippen molar-refractivity contribution in [2.24, 2.45) is 0 Å². The lowest BCUT2D eigenvalue weighted by molar-refractivity contribution is -0.151. The maximum absolute atomic E-state index is 10.2. The highest BCUT2D eigenvalue weighted by molar-refractivity contribution is 5.35. The number of methoxy groups -OCH3 is 1. The molecule has 1 N–H and O–H groups in total. The highest BCUT2D eigenvalue weighted by Crippen LogP contribution is 2.22. The molecule has 0 radical (unpaired) electrons. The van der Waals surface area contributed by atoms with E-state index in [4.69, 9.17) is 14.2 Å². The molecule has 0 bridgehead atoms. The smallest absolute Gasteiger partial charge is 0.155 e. The predicted molar refractivity (Wildman–Crippen MR) is 121 cm³/mol. The second-order valence-corrected chi connectivity index (χ2v) is 7.88. The molecule has 0 saturated carbocycles. The summed E-state index contributed by atoms with van der Waals surface area (Å²) in [7, 11) is 5.67. The summed E-state index contributed by atoms with van der Waals surface area (Å²) >= 11 is 0. The van der Waals surface area contributed by atoms with E-state index in [2.05, 4.69) is 30.0 Å². The molecule has 0 amide bonds. The summed E-state index contributed by atoms with van der Waals surface area (Å²) in [6, 6.07) is 16.3. The topological polar surface area (TPSA) is 51.2 Å². The molecule has 2 aromatic rings. The van der Waals surface area contributed by atoms with Crippen LogP contribution in [0.15, 0.2) is 48.5 Å². The third-order valence-corrected chi connectivity index (χ3v) is 4.96. The molecule has 0 aromatic heterocycles. The second-order valence-electron chi connectivity index (χ2n) is 7.88. The van der Waals surface area contributed by atoms with Crippen molar-refractivity contribution in [1.29, 1.82) is 0 Å². The van der Waals surface area contributed by atoms with Crippen LogP contribution in [-0.2, 0) is 17.6 Å². The summed E-state index contributed by atoms with van der Waals surface area (Å²) in [4.78, 5) is 2.05. The molecule has 0 fully saturated rings. The zero-order chi connectivity index (χ0) is 21.8. The highest BCUT2D eigenvalue weighted by atomic mass is 16.6. The van der Waals surface area contributed by atoms with E-state index in [0.29, 0.717) is 19.6 Å². The number of likely N-dealkylation sites (N-methyl/N-ethyl adjacent to an activating group) is 1. The minimum atomic E-state index is -0.746. The van der Waals surface area contributed by atoms with E-state index in [-0.39, 0.29) is 6.10 Å². The molecule has 0 heterocycles. The lowest BCUT2D eigenvalue weighted by atomic mass is 10.0. The summed E-state index contributed by atoms with van der Waals surface area (Å²) in [5.41, 5.74) is 2.43. The molecule has 5 heteroatoms. The zero-order valence-electron chi connectivity index (χ0n) is 18.8. The number of aryl methyl sites for hydroxylation is 2. The van der Waals surface area contributed by atoms with Gasteiger partial charge in [-0.25, -0.2) is 0 Å². The van der Waals surface area contributed by atoms with Crippen molar-refractivity contribution in [3.63, 3.8) is 0 Å². The van der Waals surface area contributed by atoms with Crippen LogP contribution < -0.4 is 9.47 Å². The van der Waals surface area contributed by atoms with Crippen molar-refractivity contribution in [1.82, 2.24) is 4.90 Å². The normalized spacial score (nSPS) is 13.3. The number of rotatable bonds is 14. The molecule has 5 nitrogen and oxygen atoms in total. The molecule has 0 aliphatic carbocycles. The van der Waals surface area contributed by atoms with Gasteiger partial charge in [-0.1, -0.05) is 43.7 Å². The van der Waals surface area contributed by atoms with Gasteiger partial charge in [0.2, 0.25) is 0 Å². The lowest BCUT2D eigenvalue weighted by Gasteiger charge is -2.25. The molecule has 2 rings (SSSR count). The Balaban J connectivity index is 1.95. The monoisotopic (exact) mass is 415 g/mol. The van der Waals surface area contributed by atoms with Crippen molar-refractivity contribution in [3.8, 4) is 11.5 Å². The van der Waals surface area contributed by atoms with E-state index < -0.39 is 6.29 Å². The summed E-state index contributed by atoms with van der Waals surface area (Å²) < 4.78 is 17.2. The number of nitrogens with zero attached hydrogens (tertiary/aromatic N) is 1. The number of hydrogen-bond acceptors (Lipinski definition) is 5. The van der Waals surface area contributed by atoms with Gasteiger partial charge in [0.15, 0.2) is 6.29 Å². The number of benzene rings is 2. The lowest BCUT2D eigenvalue weighted by Crippen LogP contribution is -2.36. The van der Waals surface area contributed by atoms with Gasteiger partial charge < -0.3 is 24.2 Å². The molecular formula is C25H37NO4. The molecule has 2 aromatic carbocycles. The molecule has 166 valence electrons. The van der Waals surface area contributed by atoms with Crippen molar-refractivity contribution in [2.45, 2.75) is 51.4 Å². The molecular weight excluding hydrogens is 378 g/mol. The first kappa shape index (κ1) is 24.2. The van der Waals surface area contributed by atoms with Gasteiger partial charge in [-0.05, 0) is 69.1 Å². The van der Waals surface area contributed by atoms with Gasteiger partial charge in [0.1, 0.15) is 24.2 Å². The van der Waals surface area contributed by atoms with Crippen LogP contribution in [0.25, 0.3) is 0 Å². The Labute approximate surface area is 181 Å². The largest absolute Gasteiger partial charge is 0.497 e. The first-order valence-electron chi connectivity index (χ1n) is 10.8. The molecule has 30 heavy (non-hydrogen) atoms. The maximum Gasteiger partial charge on any atom is 0.155 e. The number of unbranched alkanes of at least 4 members (excludes halogenated alkanes) is 1. The van der Waals surface area contributed by atoms with E-state index in [1.165, 1.54) is 11.1 Å². The number of hydrogen-bond donors (Lipinski definition) is 1. The summed E-state index contributed by atoms with van der Waals surface area (Å²) in [6.45, 7) is 3.20. The summed E-state index contributed by atoms with van der Waals surface area (Å²) in [5.74, 6) is 1.75. The van der Waals surface area contributed by atoms with Gasteiger partial charge >= 0.3 is 0 Å². The van der Waals surface area contributed by atoms with E-state index in [0.717, 1.165) is 37.2 Å². The van der Waals surface area contributed by atoms with Crippen LogP contribution in [0.5, 0.6) is 11.5 Å². The molecule has 0 saturated heterocycles. The summed E-state index contributed by atoms with van der Waals surface area (Å²) in [6.07, 6.45) is 3.52. The molecule has 0 aliphatic heterocycles. The van der Waals surface area contributed by atoms with Crippen LogP contribution in [0.2, 0.25) is 0 Å². The van der Waals surface area contributed by atoms with E-state index in [9.17, 15) is 5.11 Å². The number of para-hydroxylation sites is 1. The zero-order valence-corrected chi connectivity index (χ0v) is 18.8. The van der Waals surface area contributed by atoms with Crippen molar-refractivity contribution >= 4 is 0 Å². The van der Waals surface area contributed by atoms with Crippen molar-refractivity contribution in [3.05, 3.63) is 59.7 Å². The third kappa shape index (κ3) is 8.74. The molecule has 0 spiro atoms. The fraction of sp³-hybridized carbons (Fsp3) is 0.520. The SMILES string of the molecule is CCCCC(O)O[C@@H](COc1ccccc1CCc1ccc(OC)cc1)CN(C)C. The number of aliphatic hydroxyl groups excluding tert-OH is 1. The Bertz CT molecular complexity index is 717.